The molecule has 0 amide bonds. The topological polar surface area (TPSA) is 26.0 Å². The van der Waals surface area contributed by atoms with Crippen molar-refractivity contribution in [1.29, 1.82) is 0 Å². The zero-order valence-electron chi connectivity index (χ0n) is 8.60. The van der Waals surface area contributed by atoms with Gasteiger partial charge < -0.3 is 5.73 Å². The van der Waals surface area contributed by atoms with Crippen molar-refractivity contribution in [3.05, 3.63) is 34.7 Å². The van der Waals surface area contributed by atoms with Gasteiger partial charge in [0.2, 0.25) is 0 Å². The van der Waals surface area contributed by atoms with Gasteiger partial charge in [0.1, 0.15) is 0 Å². The van der Waals surface area contributed by atoms with Gasteiger partial charge in [-0.05, 0) is 24.7 Å². The van der Waals surface area contributed by atoms with Gasteiger partial charge >= 0.3 is 0 Å². The standard InChI is InChI=1S/C11H19NS/c1-5-7-9(3)11(8-6-2)13-10(4)12/h6H,2,4-5,7-8,12H2,1,3H3/b11-9+. The summed E-state index contributed by atoms with van der Waals surface area (Å²) in [5.41, 5.74) is 6.96. The Labute approximate surface area is 85.8 Å². The van der Waals surface area contributed by atoms with Crippen molar-refractivity contribution in [2.45, 2.75) is 33.1 Å². The molecule has 1 nitrogen and oxygen atoms in total. The van der Waals surface area contributed by atoms with Gasteiger partial charge in [-0.2, -0.15) is 0 Å². The van der Waals surface area contributed by atoms with Gasteiger partial charge in [0.15, 0.2) is 0 Å². The van der Waals surface area contributed by atoms with Crippen LogP contribution in [0.15, 0.2) is 34.7 Å². The van der Waals surface area contributed by atoms with Crippen LogP contribution in [0.3, 0.4) is 0 Å². The Morgan fingerprint density at radius 2 is 2.15 bits per heavy atom. The molecule has 0 spiro atoms. The first-order chi connectivity index (χ1) is 6.11. The van der Waals surface area contributed by atoms with Crippen LogP contribution in [0.25, 0.3) is 0 Å². The summed E-state index contributed by atoms with van der Waals surface area (Å²) in [6.45, 7) is 11.8. The number of allylic oxidation sites excluding steroid dienone is 3. The van der Waals surface area contributed by atoms with E-state index >= 15 is 0 Å². The van der Waals surface area contributed by atoms with E-state index in [0.29, 0.717) is 5.03 Å². The summed E-state index contributed by atoms with van der Waals surface area (Å²) in [5.74, 6) is 0. The maximum Gasteiger partial charge on any atom is 0.0627 e. The molecule has 0 saturated heterocycles. The molecule has 0 rings (SSSR count). The number of nitrogens with two attached hydrogens (primary N) is 1. The minimum absolute atomic E-state index is 0.660. The normalized spacial score (nSPS) is 12.2. The van der Waals surface area contributed by atoms with Gasteiger partial charge in [-0.3, -0.25) is 0 Å². The summed E-state index contributed by atoms with van der Waals surface area (Å²) in [6, 6.07) is 0. The second-order valence-electron chi connectivity index (χ2n) is 3.01. The Morgan fingerprint density at radius 3 is 2.54 bits per heavy atom. The third-order valence-electron chi connectivity index (χ3n) is 1.69. The fourth-order valence-corrected chi connectivity index (χ4v) is 1.90. The Kier molecular flexibility index (Phi) is 6.51. The van der Waals surface area contributed by atoms with E-state index in [2.05, 4.69) is 27.0 Å². The Bertz CT molecular complexity index is 216. The van der Waals surface area contributed by atoms with Crippen LogP contribution in [-0.2, 0) is 0 Å². The molecule has 0 unspecified atom stereocenters. The molecular formula is C11H19NS. The zero-order valence-corrected chi connectivity index (χ0v) is 9.41. The lowest BCUT2D eigenvalue weighted by Crippen LogP contribution is -1.92. The molecule has 2 N–H and O–H groups in total. The highest BCUT2D eigenvalue weighted by Crippen LogP contribution is 2.28. The fourth-order valence-electron chi connectivity index (χ4n) is 1.11. The second-order valence-corrected chi connectivity index (χ2v) is 4.24. The van der Waals surface area contributed by atoms with Crippen molar-refractivity contribution in [2.75, 3.05) is 0 Å². The van der Waals surface area contributed by atoms with Crippen LogP contribution in [0.1, 0.15) is 33.1 Å². The van der Waals surface area contributed by atoms with E-state index in [1.807, 2.05) is 6.08 Å². The van der Waals surface area contributed by atoms with Crippen LogP contribution in [0.2, 0.25) is 0 Å². The largest absolute Gasteiger partial charge is 0.394 e. The summed E-state index contributed by atoms with van der Waals surface area (Å²) in [5, 5.41) is 0.660. The van der Waals surface area contributed by atoms with Crippen molar-refractivity contribution >= 4 is 11.8 Å². The third kappa shape index (κ3) is 5.58. The minimum atomic E-state index is 0.660. The monoisotopic (exact) mass is 197 g/mol. The van der Waals surface area contributed by atoms with Crippen molar-refractivity contribution in [2.24, 2.45) is 5.73 Å². The lowest BCUT2D eigenvalue weighted by Gasteiger charge is -2.08. The highest BCUT2D eigenvalue weighted by molar-refractivity contribution is 8.06. The Hall–Kier alpha value is -0.630. The summed E-state index contributed by atoms with van der Waals surface area (Å²) < 4.78 is 0. The number of thioether (sulfide) groups is 1. The molecule has 0 heterocycles. The van der Waals surface area contributed by atoms with E-state index in [1.54, 1.807) is 11.8 Å². The highest BCUT2D eigenvalue weighted by atomic mass is 32.2. The van der Waals surface area contributed by atoms with Gasteiger partial charge in [0.25, 0.3) is 0 Å². The predicted molar refractivity (Wildman–Crippen MR) is 63.3 cm³/mol. The molecule has 0 bridgehead atoms. The molecule has 0 fully saturated rings. The molecule has 0 aliphatic rings. The molecule has 0 aromatic rings. The molecule has 0 aliphatic heterocycles. The molecule has 2 heteroatoms. The number of hydrogen-bond acceptors (Lipinski definition) is 2. The first kappa shape index (κ1) is 12.4. The molecular weight excluding hydrogens is 178 g/mol. The van der Waals surface area contributed by atoms with Crippen LogP contribution in [0.4, 0.5) is 0 Å². The molecule has 13 heavy (non-hydrogen) atoms. The summed E-state index contributed by atoms with van der Waals surface area (Å²) in [6.07, 6.45) is 5.10. The van der Waals surface area contributed by atoms with Gasteiger partial charge in [-0.25, -0.2) is 0 Å². The quantitative estimate of drug-likeness (QED) is 0.655. The molecule has 0 radical (unpaired) electrons. The summed E-state index contributed by atoms with van der Waals surface area (Å²) in [4.78, 5) is 1.30. The maximum absolute atomic E-state index is 5.56. The minimum Gasteiger partial charge on any atom is -0.394 e. The second kappa shape index (κ2) is 6.84. The van der Waals surface area contributed by atoms with E-state index in [9.17, 15) is 0 Å². The first-order valence-corrected chi connectivity index (χ1v) is 5.35. The Morgan fingerprint density at radius 1 is 1.54 bits per heavy atom. The lowest BCUT2D eigenvalue weighted by molar-refractivity contribution is 0.896. The third-order valence-corrected chi connectivity index (χ3v) is 2.71. The SMILES string of the molecule is C=CC/C(SC(=C)N)=C(/C)CCC. The molecule has 0 aromatic carbocycles. The predicted octanol–water partition coefficient (Wildman–Crippen LogP) is 3.80. The highest BCUT2D eigenvalue weighted by Gasteiger charge is 2.02. The van der Waals surface area contributed by atoms with E-state index < -0.39 is 0 Å². The van der Waals surface area contributed by atoms with Crippen molar-refractivity contribution < 1.29 is 0 Å². The van der Waals surface area contributed by atoms with E-state index in [1.165, 1.54) is 16.9 Å². The fraction of sp³-hybridized carbons (Fsp3) is 0.455. The Balaban J connectivity index is 4.44. The molecule has 0 saturated carbocycles. The van der Waals surface area contributed by atoms with Gasteiger partial charge in [-0.1, -0.05) is 43.3 Å². The van der Waals surface area contributed by atoms with Crippen LogP contribution in [-0.4, -0.2) is 0 Å². The zero-order chi connectivity index (χ0) is 10.3. The van der Waals surface area contributed by atoms with E-state index in [4.69, 9.17) is 5.73 Å². The van der Waals surface area contributed by atoms with Gasteiger partial charge in [-0.15, -0.1) is 6.58 Å². The maximum atomic E-state index is 5.56. The molecule has 0 aromatic heterocycles. The summed E-state index contributed by atoms with van der Waals surface area (Å²) >= 11 is 1.56. The van der Waals surface area contributed by atoms with Crippen molar-refractivity contribution in [1.82, 2.24) is 0 Å². The molecule has 0 atom stereocenters. The molecule has 74 valence electrons. The van der Waals surface area contributed by atoms with Crippen molar-refractivity contribution in [3.63, 3.8) is 0 Å². The number of rotatable bonds is 6. The number of hydrogen-bond donors (Lipinski definition) is 1. The van der Waals surface area contributed by atoms with Gasteiger partial charge in [0, 0.05) is 0 Å². The summed E-state index contributed by atoms with van der Waals surface area (Å²) in [7, 11) is 0. The van der Waals surface area contributed by atoms with Crippen LogP contribution >= 0.6 is 11.8 Å². The first-order valence-electron chi connectivity index (χ1n) is 4.53. The van der Waals surface area contributed by atoms with E-state index in [0.717, 1.165) is 12.8 Å². The average molecular weight is 197 g/mol. The average Bonchev–Trinajstić information content (AvgIpc) is 2.03. The van der Waals surface area contributed by atoms with Crippen LogP contribution in [0.5, 0.6) is 0 Å². The van der Waals surface area contributed by atoms with Crippen LogP contribution < -0.4 is 5.73 Å². The van der Waals surface area contributed by atoms with E-state index in [-0.39, 0.29) is 0 Å². The van der Waals surface area contributed by atoms with Gasteiger partial charge in [0.05, 0.1) is 5.03 Å². The van der Waals surface area contributed by atoms with Crippen molar-refractivity contribution in [3.8, 4) is 0 Å². The lowest BCUT2D eigenvalue weighted by atomic mass is 10.1. The molecule has 0 aliphatic carbocycles. The smallest absolute Gasteiger partial charge is 0.0627 e. The van der Waals surface area contributed by atoms with Crippen LogP contribution in [0, 0.1) is 0 Å².